The van der Waals surface area contributed by atoms with Crippen LogP contribution in [0.5, 0.6) is 5.75 Å². The fourth-order valence-corrected chi connectivity index (χ4v) is 2.92. The van der Waals surface area contributed by atoms with Gasteiger partial charge in [0.1, 0.15) is 5.75 Å². The van der Waals surface area contributed by atoms with Gasteiger partial charge in [0.25, 0.3) is 11.8 Å². The van der Waals surface area contributed by atoms with Gasteiger partial charge in [-0.3, -0.25) is 25.8 Å². The highest BCUT2D eigenvalue weighted by molar-refractivity contribution is 7.80. The van der Waals surface area contributed by atoms with E-state index in [-0.39, 0.29) is 23.5 Å². The molecular formula is C23H29N3O3S. The Morgan fingerprint density at radius 2 is 1.63 bits per heavy atom. The third-order valence-electron chi connectivity index (χ3n) is 4.53. The van der Waals surface area contributed by atoms with Crippen molar-refractivity contribution >= 4 is 29.1 Å². The Bertz CT molecular complexity index is 908. The first kappa shape index (κ1) is 23.3. The van der Waals surface area contributed by atoms with E-state index in [0.29, 0.717) is 17.2 Å². The summed E-state index contributed by atoms with van der Waals surface area (Å²) >= 11 is 5.07. The van der Waals surface area contributed by atoms with Crippen molar-refractivity contribution in [3.05, 3.63) is 64.7 Å². The molecule has 0 aliphatic heterocycles. The van der Waals surface area contributed by atoms with Crippen molar-refractivity contribution in [2.45, 2.75) is 46.5 Å². The summed E-state index contributed by atoms with van der Waals surface area (Å²) in [5.74, 6) is 0.581. The number of hydrogen-bond acceptors (Lipinski definition) is 4. The van der Waals surface area contributed by atoms with E-state index in [1.807, 2.05) is 37.3 Å². The number of ether oxygens (including phenoxy) is 1. The second-order valence-corrected chi connectivity index (χ2v) is 8.13. The maximum Gasteiger partial charge on any atom is 0.276 e. The molecule has 0 aliphatic carbocycles. The van der Waals surface area contributed by atoms with Gasteiger partial charge in [0.2, 0.25) is 0 Å². The lowest BCUT2D eigenvalue weighted by Gasteiger charge is -2.15. The van der Waals surface area contributed by atoms with E-state index in [2.05, 4.69) is 43.9 Å². The van der Waals surface area contributed by atoms with Gasteiger partial charge in [0, 0.05) is 5.56 Å². The van der Waals surface area contributed by atoms with Gasteiger partial charge in [-0.25, -0.2) is 0 Å². The van der Waals surface area contributed by atoms with E-state index in [4.69, 9.17) is 17.0 Å². The quantitative estimate of drug-likeness (QED) is 0.480. The molecule has 0 heterocycles. The molecule has 0 bridgehead atoms. The van der Waals surface area contributed by atoms with Crippen LogP contribution in [0.4, 0.5) is 0 Å². The molecule has 2 amide bonds. The molecular weight excluding hydrogens is 398 g/mol. The Balaban J connectivity index is 1.81. The number of nitrogens with one attached hydrogen (secondary N) is 3. The molecule has 0 saturated heterocycles. The summed E-state index contributed by atoms with van der Waals surface area (Å²) in [7, 11) is 0. The van der Waals surface area contributed by atoms with Crippen LogP contribution in [0.25, 0.3) is 0 Å². The molecule has 2 rings (SSSR count). The fourth-order valence-electron chi connectivity index (χ4n) is 2.78. The molecule has 7 heteroatoms. The Hall–Kier alpha value is -2.93. The van der Waals surface area contributed by atoms with Crippen LogP contribution >= 0.6 is 12.2 Å². The number of amides is 2. The molecule has 0 fully saturated rings. The largest absolute Gasteiger partial charge is 0.483 e. The van der Waals surface area contributed by atoms with E-state index in [1.165, 1.54) is 0 Å². The Kier molecular flexibility index (Phi) is 8.35. The number of hydrogen-bond donors (Lipinski definition) is 3. The summed E-state index contributed by atoms with van der Waals surface area (Å²) < 4.78 is 5.67. The molecule has 2 aromatic rings. The van der Waals surface area contributed by atoms with E-state index in [1.54, 1.807) is 12.1 Å². The minimum Gasteiger partial charge on any atom is -0.483 e. The van der Waals surface area contributed by atoms with Gasteiger partial charge in [-0.15, -0.1) is 0 Å². The van der Waals surface area contributed by atoms with Crippen molar-refractivity contribution in [1.29, 1.82) is 0 Å². The predicted octanol–water partition coefficient (Wildman–Crippen LogP) is 3.96. The van der Waals surface area contributed by atoms with Crippen molar-refractivity contribution in [2.75, 3.05) is 6.61 Å². The highest BCUT2D eigenvalue weighted by Crippen LogP contribution is 2.27. The van der Waals surface area contributed by atoms with Gasteiger partial charge in [-0.1, -0.05) is 52.0 Å². The monoisotopic (exact) mass is 427 g/mol. The predicted molar refractivity (Wildman–Crippen MR) is 123 cm³/mol. The summed E-state index contributed by atoms with van der Waals surface area (Å²) in [5.41, 5.74) is 8.67. The molecule has 3 N–H and O–H groups in total. The van der Waals surface area contributed by atoms with E-state index in [9.17, 15) is 9.59 Å². The fraction of sp³-hybridized carbons (Fsp3) is 0.348. The number of carbonyl (C=O) groups is 2. The van der Waals surface area contributed by atoms with E-state index in [0.717, 1.165) is 16.7 Å². The molecule has 6 nitrogen and oxygen atoms in total. The minimum absolute atomic E-state index is 0.000267. The normalized spacial score (nSPS) is 10.6. The van der Waals surface area contributed by atoms with Crippen LogP contribution in [-0.4, -0.2) is 23.5 Å². The first-order valence-electron chi connectivity index (χ1n) is 9.90. The van der Waals surface area contributed by atoms with Crippen molar-refractivity contribution < 1.29 is 14.3 Å². The molecule has 30 heavy (non-hydrogen) atoms. The first-order chi connectivity index (χ1) is 14.2. The number of hydrazine groups is 1. The second-order valence-electron chi connectivity index (χ2n) is 7.72. The van der Waals surface area contributed by atoms with Gasteiger partial charge in [0.15, 0.2) is 11.7 Å². The highest BCUT2D eigenvalue weighted by atomic mass is 32.1. The summed E-state index contributed by atoms with van der Waals surface area (Å²) in [6, 6.07) is 13.2. The average Bonchev–Trinajstić information content (AvgIpc) is 2.70. The average molecular weight is 428 g/mol. The molecule has 2 aromatic carbocycles. The summed E-state index contributed by atoms with van der Waals surface area (Å²) in [5, 5.41) is 2.53. The van der Waals surface area contributed by atoms with E-state index >= 15 is 0 Å². The number of thiocarbonyl (C=S) groups is 1. The van der Waals surface area contributed by atoms with Gasteiger partial charge >= 0.3 is 0 Å². The Morgan fingerprint density at radius 1 is 0.967 bits per heavy atom. The SMILES string of the molecule is Cc1ccc(C(C)C)c(OCC(=O)NNC(=S)NC(=O)c2ccc(C(C)C)cc2)c1. The van der Waals surface area contributed by atoms with Crippen molar-refractivity contribution in [2.24, 2.45) is 0 Å². The lowest BCUT2D eigenvalue weighted by molar-refractivity contribution is -0.123. The molecule has 0 aliphatic rings. The van der Waals surface area contributed by atoms with Crippen LogP contribution in [0.2, 0.25) is 0 Å². The first-order valence-corrected chi connectivity index (χ1v) is 10.3. The number of rotatable bonds is 6. The summed E-state index contributed by atoms with van der Waals surface area (Å²) in [4.78, 5) is 24.3. The smallest absolute Gasteiger partial charge is 0.276 e. The second kappa shape index (κ2) is 10.7. The molecule has 0 unspecified atom stereocenters. The van der Waals surface area contributed by atoms with Crippen LogP contribution in [0, 0.1) is 6.92 Å². The molecule has 0 spiro atoms. The molecule has 0 atom stereocenters. The third kappa shape index (κ3) is 6.84. The molecule has 0 saturated carbocycles. The van der Waals surface area contributed by atoms with Gasteiger partial charge in [-0.2, -0.15) is 0 Å². The lowest BCUT2D eigenvalue weighted by Crippen LogP contribution is -2.49. The Morgan fingerprint density at radius 3 is 2.23 bits per heavy atom. The maximum absolute atomic E-state index is 12.2. The number of aryl methyl sites for hydroxylation is 1. The van der Waals surface area contributed by atoms with Crippen molar-refractivity contribution in [3.8, 4) is 5.75 Å². The molecule has 0 radical (unpaired) electrons. The van der Waals surface area contributed by atoms with Crippen LogP contribution in [0.15, 0.2) is 42.5 Å². The maximum atomic E-state index is 12.2. The Labute approximate surface area is 183 Å². The summed E-state index contributed by atoms with van der Waals surface area (Å²) in [6.07, 6.45) is 0. The van der Waals surface area contributed by atoms with E-state index < -0.39 is 5.91 Å². The van der Waals surface area contributed by atoms with Crippen molar-refractivity contribution in [3.63, 3.8) is 0 Å². The topological polar surface area (TPSA) is 79.5 Å². The molecule has 0 aromatic heterocycles. The highest BCUT2D eigenvalue weighted by Gasteiger charge is 2.12. The third-order valence-corrected chi connectivity index (χ3v) is 4.74. The number of carbonyl (C=O) groups excluding carboxylic acids is 2. The molecule has 160 valence electrons. The van der Waals surface area contributed by atoms with Gasteiger partial charge in [0.05, 0.1) is 0 Å². The van der Waals surface area contributed by atoms with Crippen molar-refractivity contribution in [1.82, 2.24) is 16.2 Å². The zero-order valence-electron chi connectivity index (χ0n) is 18.0. The van der Waals surface area contributed by atoms with Gasteiger partial charge < -0.3 is 4.74 Å². The van der Waals surface area contributed by atoms with Crippen LogP contribution in [0.1, 0.15) is 66.6 Å². The zero-order valence-corrected chi connectivity index (χ0v) is 18.9. The van der Waals surface area contributed by atoms with Crippen LogP contribution in [0.3, 0.4) is 0 Å². The lowest BCUT2D eigenvalue weighted by atomic mass is 10.0. The van der Waals surface area contributed by atoms with Gasteiger partial charge in [-0.05, 0) is 65.9 Å². The van der Waals surface area contributed by atoms with Crippen LogP contribution in [-0.2, 0) is 4.79 Å². The van der Waals surface area contributed by atoms with Crippen LogP contribution < -0.4 is 20.9 Å². The number of benzene rings is 2. The summed E-state index contributed by atoms with van der Waals surface area (Å²) in [6.45, 7) is 10.1. The minimum atomic E-state index is -0.413. The standard InChI is InChI=1S/C23H29N3O3S/c1-14(2)17-7-9-18(10-8-17)22(28)24-23(30)26-25-21(27)13-29-20-12-16(5)6-11-19(20)15(3)4/h6-12,14-15H,13H2,1-5H3,(H,25,27)(H2,24,26,28,30). The zero-order chi connectivity index (χ0) is 22.3.